The van der Waals surface area contributed by atoms with Gasteiger partial charge in [0.25, 0.3) is 11.5 Å². The Labute approximate surface area is 147 Å². The molecule has 0 radical (unpaired) electrons. The molecule has 0 unspecified atom stereocenters. The highest BCUT2D eigenvalue weighted by Gasteiger charge is 2.25. The Kier molecular flexibility index (Phi) is 3.80. The van der Waals surface area contributed by atoms with Crippen LogP contribution in [0.5, 0.6) is 5.75 Å². The normalized spacial score (nSPS) is 16.3. The number of carbonyl (C=O) groups is 1. The smallest absolute Gasteiger partial charge is 0.262 e. The minimum absolute atomic E-state index is 0.102. The lowest BCUT2D eigenvalue weighted by molar-refractivity contribution is 0.0928. The molecule has 2 N–H and O–H groups in total. The highest BCUT2D eigenvalue weighted by molar-refractivity contribution is 7.20. The highest BCUT2D eigenvalue weighted by atomic mass is 32.1. The molecule has 7 heteroatoms. The van der Waals surface area contributed by atoms with Gasteiger partial charge in [-0.25, -0.2) is 4.98 Å². The maximum atomic E-state index is 12.8. The number of rotatable bonds is 2. The lowest BCUT2D eigenvalue weighted by Crippen LogP contribution is -2.32. The second-order valence-electron chi connectivity index (χ2n) is 6.09. The Hall–Kier alpha value is -2.67. The summed E-state index contributed by atoms with van der Waals surface area (Å²) < 4.78 is 5.64. The third-order valence-corrected chi connectivity index (χ3v) is 5.57. The molecule has 1 aliphatic rings. The lowest BCUT2D eigenvalue weighted by atomic mass is 10.0. The van der Waals surface area contributed by atoms with Crippen LogP contribution in [0.1, 0.15) is 39.1 Å². The molecule has 1 atom stereocenters. The number of fused-ring (bicyclic) bond motifs is 2. The minimum Gasteiger partial charge on any atom is -0.493 e. The molecule has 6 nitrogen and oxygen atoms in total. The van der Waals surface area contributed by atoms with E-state index in [9.17, 15) is 9.59 Å². The van der Waals surface area contributed by atoms with Crippen molar-refractivity contribution < 1.29 is 9.53 Å². The molecule has 0 bridgehead atoms. The van der Waals surface area contributed by atoms with Gasteiger partial charge in [0, 0.05) is 12.0 Å². The van der Waals surface area contributed by atoms with Gasteiger partial charge in [-0.15, -0.1) is 11.3 Å². The molecule has 3 heterocycles. The van der Waals surface area contributed by atoms with E-state index in [4.69, 9.17) is 4.74 Å². The molecule has 1 aromatic carbocycles. The Morgan fingerprint density at radius 1 is 1.36 bits per heavy atom. The summed E-state index contributed by atoms with van der Waals surface area (Å²) in [4.78, 5) is 33.2. The third kappa shape index (κ3) is 2.70. The van der Waals surface area contributed by atoms with Gasteiger partial charge in [0.05, 0.1) is 22.9 Å². The number of H-pyrrole nitrogens is 1. The van der Waals surface area contributed by atoms with E-state index in [0.29, 0.717) is 39.5 Å². The van der Waals surface area contributed by atoms with Crippen molar-refractivity contribution in [1.29, 1.82) is 0 Å². The van der Waals surface area contributed by atoms with Crippen LogP contribution in [0.25, 0.3) is 10.2 Å². The average Bonchev–Trinajstić information content (AvgIpc) is 2.92. The van der Waals surface area contributed by atoms with Crippen LogP contribution >= 0.6 is 11.3 Å². The number of amides is 1. The van der Waals surface area contributed by atoms with E-state index in [1.807, 2.05) is 24.3 Å². The fraction of sp³-hybridized carbons (Fsp3) is 0.278. The van der Waals surface area contributed by atoms with E-state index < -0.39 is 0 Å². The molecular weight excluding hydrogens is 338 g/mol. The topological polar surface area (TPSA) is 84.1 Å². The van der Waals surface area contributed by atoms with Gasteiger partial charge in [0.1, 0.15) is 16.4 Å². The molecule has 1 aliphatic heterocycles. The number of benzene rings is 1. The van der Waals surface area contributed by atoms with E-state index in [2.05, 4.69) is 15.3 Å². The summed E-state index contributed by atoms with van der Waals surface area (Å²) in [5.74, 6) is 1.17. The van der Waals surface area contributed by atoms with Crippen LogP contribution < -0.4 is 15.6 Å². The predicted octanol–water partition coefficient (Wildman–Crippen LogP) is 2.86. The largest absolute Gasteiger partial charge is 0.493 e. The fourth-order valence-electron chi connectivity index (χ4n) is 3.18. The first-order valence-corrected chi connectivity index (χ1v) is 8.89. The van der Waals surface area contributed by atoms with Crippen LogP contribution in [-0.4, -0.2) is 22.5 Å². The number of thiophene rings is 1. The van der Waals surface area contributed by atoms with Crippen molar-refractivity contribution in [2.45, 2.75) is 26.3 Å². The number of nitrogens with one attached hydrogen (secondary N) is 2. The summed E-state index contributed by atoms with van der Waals surface area (Å²) in [6.45, 7) is 4.08. The Morgan fingerprint density at radius 2 is 2.16 bits per heavy atom. The number of aromatic amines is 1. The SMILES string of the molecule is Cc1nc2sc(C(=O)N[C@@H]3CCOc4ccccc43)c(C)c2c(=O)[nH]1. The summed E-state index contributed by atoms with van der Waals surface area (Å²) in [5.41, 5.74) is 1.45. The van der Waals surface area contributed by atoms with E-state index in [1.54, 1.807) is 13.8 Å². The van der Waals surface area contributed by atoms with E-state index >= 15 is 0 Å². The van der Waals surface area contributed by atoms with Crippen molar-refractivity contribution in [2.75, 3.05) is 6.61 Å². The van der Waals surface area contributed by atoms with Gasteiger partial charge in [0.2, 0.25) is 0 Å². The van der Waals surface area contributed by atoms with Crippen LogP contribution in [0.3, 0.4) is 0 Å². The van der Waals surface area contributed by atoms with Crippen LogP contribution in [-0.2, 0) is 0 Å². The monoisotopic (exact) mass is 355 g/mol. The first-order chi connectivity index (χ1) is 12.0. The number of aryl methyl sites for hydroxylation is 2. The standard InChI is InChI=1S/C18H17N3O3S/c1-9-14-16(22)19-10(2)20-18(14)25-15(9)17(23)21-12-7-8-24-13-6-4-3-5-11(12)13/h3-6,12H,7-8H2,1-2H3,(H,21,23)(H,19,20,22)/t12-/m1/s1. The van der Waals surface area contributed by atoms with E-state index in [1.165, 1.54) is 11.3 Å². The quantitative estimate of drug-likeness (QED) is 0.740. The molecule has 0 fully saturated rings. The summed E-state index contributed by atoms with van der Waals surface area (Å²) in [6, 6.07) is 7.62. The number of hydrogen-bond acceptors (Lipinski definition) is 5. The number of para-hydroxylation sites is 1. The molecule has 1 amide bonds. The maximum Gasteiger partial charge on any atom is 0.262 e. The number of nitrogens with zero attached hydrogens (tertiary/aromatic N) is 1. The van der Waals surface area contributed by atoms with Crippen LogP contribution in [0, 0.1) is 13.8 Å². The maximum absolute atomic E-state index is 12.8. The van der Waals surface area contributed by atoms with Crippen LogP contribution in [0.4, 0.5) is 0 Å². The van der Waals surface area contributed by atoms with Crippen molar-refractivity contribution in [3.05, 3.63) is 56.4 Å². The summed E-state index contributed by atoms with van der Waals surface area (Å²) in [7, 11) is 0. The molecule has 2 aromatic heterocycles. The second kappa shape index (κ2) is 6.00. The summed E-state index contributed by atoms with van der Waals surface area (Å²) in [5, 5.41) is 3.57. The summed E-state index contributed by atoms with van der Waals surface area (Å²) >= 11 is 1.26. The molecule has 128 valence electrons. The van der Waals surface area contributed by atoms with Gasteiger partial charge in [-0.3, -0.25) is 9.59 Å². The summed E-state index contributed by atoms with van der Waals surface area (Å²) in [6.07, 6.45) is 0.713. The fourth-order valence-corrected chi connectivity index (χ4v) is 4.31. The van der Waals surface area contributed by atoms with Crippen molar-refractivity contribution in [3.8, 4) is 5.75 Å². The van der Waals surface area contributed by atoms with Crippen molar-refractivity contribution in [2.24, 2.45) is 0 Å². The van der Waals surface area contributed by atoms with Gasteiger partial charge in [-0.2, -0.15) is 0 Å². The van der Waals surface area contributed by atoms with E-state index in [-0.39, 0.29) is 17.5 Å². The van der Waals surface area contributed by atoms with E-state index in [0.717, 1.165) is 11.3 Å². The molecule has 4 rings (SSSR count). The van der Waals surface area contributed by atoms with Gasteiger partial charge in [-0.05, 0) is 25.5 Å². The third-order valence-electron chi connectivity index (χ3n) is 4.39. The van der Waals surface area contributed by atoms with Crippen LogP contribution in [0.15, 0.2) is 29.1 Å². The zero-order chi connectivity index (χ0) is 17.6. The molecule has 0 saturated carbocycles. The first-order valence-electron chi connectivity index (χ1n) is 8.07. The van der Waals surface area contributed by atoms with Gasteiger partial charge >= 0.3 is 0 Å². The number of aromatic nitrogens is 2. The van der Waals surface area contributed by atoms with Gasteiger partial charge in [-0.1, -0.05) is 18.2 Å². The molecule has 0 saturated heterocycles. The molecular formula is C18H17N3O3S. The lowest BCUT2D eigenvalue weighted by Gasteiger charge is -2.26. The number of carbonyl (C=O) groups excluding carboxylic acids is 1. The molecule has 25 heavy (non-hydrogen) atoms. The highest BCUT2D eigenvalue weighted by Crippen LogP contribution is 2.33. The number of hydrogen-bond donors (Lipinski definition) is 2. The second-order valence-corrected chi connectivity index (χ2v) is 7.09. The molecule has 0 aliphatic carbocycles. The Morgan fingerprint density at radius 3 is 3.00 bits per heavy atom. The van der Waals surface area contributed by atoms with Crippen LogP contribution in [0.2, 0.25) is 0 Å². The first kappa shape index (κ1) is 15.8. The predicted molar refractivity (Wildman–Crippen MR) is 96.5 cm³/mol. The van der Waals surface area contributed by atoms with Crippen molar-refractivity contribution in [1.82, 2.24) is 15.3 Å². The minimum atomic E-state index is -0.202. The molecule has 3 aromatic rings. The van der Waals surface area contributed by atoms with Gasteiger partial charge in [0.15, 0.2) is 0 Å². The molecule has 0 spiro atoms. The average molecular weight is 355 g/mol. The number of ether oxygens (including phenoxy) is 1. The van der Waals surface area contributed by atoms with Crippen molar-refractivity contribution in [3.63, 3.8) is 0 Å². The van der Waals surface area contributed by atoms with Gasteiger partial charge < -0.3 is 15.0 Å². The van der Waals surface area contributed by atoms with Crippen molar-refractivity contribution >= 4 is 27.5 Å². The Balaban J connectivity index is 1.69. The zero-order valence-electron chi connectivity index (χ0n) is 13.9. The zero-order valence-corrected chi connectivity index (χ0v) is 14.7. The Bertz CT molecular complexity index is 1040.